The first-order valence-electron chi connectivity index (χ1n) is 6.55. The molecule has 0 spiro atoms. The SMILES string of the molecule is C=CC(=O)Nc1cccc(N2C(=N)/C(=C\N)C(C)=CC2=O)c1. The van der Waals surface area contributed by atoms with E-state index >= 15 is 0 Å². The Morgan fingerprint density at radius 1 is 1.45 bits per heavy atom. The number of amides is 2. The number of benzene rings is 1. The molecule has 6 heteroatoms. The van der Waals surface area contributed by atoms with Gasteiger partial charge in [0.15, 0.2) is 0 Å². The zero-order chi connectivity index (χ0) is 16.3. The highest BCUT2D eigenvalue weighted by molar-refractivity contribution is 6.29. The number of amidine groups is 1. The Bertz CT molecular complexity index is 731. The highest BCUT2D eigenvalue weighted by atomic mass is 16.2. The largest absolute Gasteiger partial charge is 0.404 e. The van der Waals surface area contributed by atoms with Gasteiger partial charge in [0, 0.05) is 23.5 Å². The summed E-state index contributed by atoms with van der Waals surface area (Å²) in [7, 11) is 0. The van der Waals surface area contributed by atoms with Gasteiger partial charge < -0.3 is 11.1 Å². The van der Waals surface area contributed by atoms with Gasteiger partial charge in [-0.05, 0) is 36.8 Å². The second kappa shape index (κ2) is 6.09. The lowest BCUT2D eigenvalue weighted by molar-refractivity contribution is -0.113. The number of rotatable bonds is 3. The molecule has 1 aliphatic heterocycles. The van der Waals surface area contributed by atoms with E-state index in [1.54, 1.807) is 31.2 Å². The summed E-state index contributed by atoms with van der Waals surface area (Å²) >= 11 is 0. The summed E-state index contributed by atoms with van der Waals surface area (Å²) in [5.41, 5.74) is 7.64. The topological polar surface area (TPSA) is 99.3 Å². The van der Waals surface area contributed by atoms with Gasteiger partial charge in [-0.3, -0.25) is 19.9 Å². The quantitative estimate of drug-likeness (QED) is 0.743. The Morgan fingerprint density at radius 3 is 2.82 bits per heavy atom. The van der Waals surface area contributed by atoms with Crippen molar-refractivity contribution in [2.45, 2.75) is 6.92 Å². The van der Waals surface area contributed by atoms with Crippen molar-refractivity contribution in [2.75, 3.05) is 10.2 Å². The van der Waals surface area contributed by atoms with Gasteiger partial charge in [0.25, 0.3) is 5.91 Å². The molecule has 2 amide bonds. The van der Waals surface area contributed by atoms with Crippen LogP contribution in [0.5, 0.6) is 0 Å². The summed E-state index contributed by atoms with van der Waals surface area (Å²) < 4.78 is 0. The normalized spacial score (nSPS) is 16.5. The molecule has 4 N–H and O–H groups in total. The van der Waals surface area contributed by atoms with Gasteiger partial charge >= 0.3 is 0 Å². The number of hydrogen-bond donors (Lipinski definition) is 3. The molecule has 0 saturated heterocycles. The second-order valence-corrected chi connectivity index (χ2v) is 4.67. The van der Waals surface area contributed by atoms with Crippen molar-refractivity contribution in [1.82, 2.24) is 0 Å². The van der Waals surface area contributed by atoms with Crippen LogP contribution >= 0.6 is 0 Å². The first-order chi connectivity index (χ1) is 10.5. The van der Waals surface area contributed by atoms with Crippen LogP contribution in [-0.4, -0.2) is 17.6 Å². The van der Waals surface area contributed by atoms with Crippen LogP contribution in [0.3, 0.4) is 0 Å². The molecule has 0 aromatic heterocycles. The number of carbonyl (C=O) groups is 2. The summed E-state index contributed by atoms with van der Waals surface area (Å²) in [6, 6.07) is 6.66. The maximum absolute atomic E-state index is 12.2. The van der Waals surface area contributed by atoms with Crippen LogP contribution in [0.15, 0.2) is 60.3 Å². The third-order valence-corrected chi connectivity index (χ3v) is 3.19. The summed E-state index contributed by atoms with van der Waals surface area (Å²) in [6.45, 7) is 5.11. The van der Waals surface area contributed by atoms with Crippen LogP contribution in [0.1, 0.15) is 6.92 Å². The maximum atomic E-state index is 12.2. The molecule has 22 heavy (non-hydrogen) atoms. The van der Waals surface area contributed by atoms with Crippen molar-refractivity contribution in [3.05, 3.63) is 60.3 Å². The number of nitrogens with one attached hydrogen (secondary N) is 2. The molecule has 112 valence electrons. The number of nitrogens with zero attached hydrogens (tertiary/aromatic N) is 1. The minimum absolute atomic E-state index is 0.000280. The molecule has 1 heterocycles. The molecule has 1 aliphatic rings. The summed E-state index contributed by atoms with van der Waals surface area (Å²) in [5.74, 6) is -0.685. The Morgan fingerprint density at radius 2 is 2.18 bits per heavy atom. The fourth-order valence-corrected chi connectivity index (χ4v) is 2.13. The van der Waals surface area contributed by atoms with Gasteiger partial charge in [0.1, 0.15) is 5.84 Å². The number of carbonyl (C=O) groups excluding carboxylic acids is 2. The van der Waals surface area contributed by atoms with Crippen LogP contribution in [0.25, 0.3) is 0 Å². The van der Waals surface area contributed by atoms with Gasteiger partial charge in [0.05, 0.1) is 5.69 Å². The Balaban J connectivity index is 2.41. The van der Waals surface area contributed by atoms with Crippen molar-refractivity contribution in [3.8, 4) is 0 Å². The van der Waals surface area contributed by atoms with Gasteiger partial charge in [-0.15, -0.1) is 0 Å². The van der Waals surface area contributed by atoms with Crippen LogP contribution < -0.4 is 16.0 Å². The van der Waals surface area contributed by atoms with Crippen LogP contribution in [-0.2, 0) is 9.59 Å². The van der Waals surface area contributed by atoms with Gasteiger partial charge in [-0.1, -0.05) is 12.6 Å². The molecule has 0 fully saturated rings. The third kappa shape index (κ3) is 2.80. The van der Waals surface area contributed by atoms with Crippen molar-refractivity contribution >= 4 is 29.0 Å². The summed E-state index contributed by atoms with van der Waals surface area (Å²) in [5, 5.41) is 10.8. The van der Waals surface area contributed by atoms with Gasteiger partial charge in [-0.2, -0.15) is 0 Å². The van der Waals surface area contributed by atoms with Crippen LogP contribution in [0.4, 0.5) is 11.4 Å². The fourth-order valence-electron chi connectivity index (χ4n) is 2.13. The summed E-state index contributed by atoms with van der Waals surface area (Å²) in [6.07, 6.45) is 3.88. The number of hydrogen-bond acceptors (Lipinski definition) is 4. The van der Waals surface area contributed by atoms with Crippen molar-refractivity contribution in [1.29, 1.82) is 5.41 Å². The molecule has 0 bridgehead atoms. The molecule has 1 aromatic carbocycles. The van der Waals surface area contributed by atoms with E-state index in [0.29, 0.717) is 22.5 Å². The highest BCUT2D eigenvalue weighted by Crippen LogP contribution is 2.27. The van der Waals surface area contributed by atoms with E-state index in [1.807, 2.05) is 0 Å². The predicted octanol–water partition coefficient (Wildman–Crippen LogP) is 1.92. The summed E-state index contributed by atoms with van der Waals surface area (Å²) in [4.78, 5) is 24.8. The average Bonchev–Trinajstić information content (AvgIpc) is 2.47. The molecule has 0 unspecified atom stereocenters. The molecule has 1 aromatic rings. The van der Waals surface area contributed by atoms with Crippen molar-refractivity contribution < 1.29 is 9.59 Å². The smallest absolute Gasteiger partial charge is 0.257 e. The average molecular weight is 296 g/mol. The molecular formula is C16H16N4O2. The third-order valence-electron chi connectivity index (χ3n) is 3.19. The van der Waals surface area contributed by atoms with Crippen LogP contribution in [0.2, 0.25) is 0 Å². The lowest BCUT2D eigenvalue weighted by Gasteiger charge is -2.28. The lowest BCUT2D eigenvalue weighted by atomic mass is 10.0. The van der Waals surface area contributed by atoms with E-state index < -0.39 is 0 Å². The van der Waals surface area contributed by atoms with Crippen molar-refractivity contribution in [3.63, 3.8) is 0 Å². The number of nitrogens with two attached hydrogens (primary N) is 1. The molecule has 2 rings (SSSR count). The minimum atomic E-state index is -0.351. The molecule has 0 radical (unpaired) electrons. The minimum Gasteiger partial charge on any atom is -0.404 e. The van der Waals surface area contributed by atoms with E-state index in [0.717, 1.165) is 6.08 Å². The van der Waals surface area contributed by atoms with Gasteiger partial charge in [0.2, 0.25) is 5.91 Å². The molecular weight excluding hydrogens is 280 g/mol. The molecule has 6 nitrogen and oxygen atoms in total. The van der Waals surface area contributed by atoms with E-state index in [-0.39, 0.29) is 17.6 Å². The Labute approximate surface area is 128 Å². The predicted molar refractivity (Wildman–Crippen MR) is 86.5 cm³/mol. The Kier molecular flexibility index (Phi) is 4.22. The first kappa shape index (κ1) is 15.2. The van der Waals surface area contributed by atoms with Crippen molar-refractivity contribution in [2.24, 2.45) is 5.73 Å². The molecule has 0 atom stereocenters. The Hall–Kier alpha value is -3.15. The van der Waals surface area contributed by atoms with Crippen LogP contribution in [0, 0.1) is 5.41 Å². The monoisotopic (exact) mass is 296 g/mol. The van der Waals surface area contributed by atoms with E-state index in [4.69, 9.17) is 11.1 Å². The van der Waals surface area contributed by atoms with E-state index in [9.17, 15) is 9.59 Å². The standard InChI is InChI=1S/C16H16N4O2/c1-3-14(21)19-11-5-4-6-12(8-11)20-15(22)7-10(2)13(9-17)16(20)18/h3-9,18H,1,17H2,2H3,(H,19,21)/b13-9-,18-16?. The first-order valence-corrected chi connectivity index (χ1v) is 6.55. The fraction of sp³-hybridized carbons (Fsp3) is 0.0625. The molecule has 0 saturated carbocycles. The maximum Gasteiger partial charge on any atom is 0.257 e. The van der Waals surface area contributed by atoms with E-state index in [2.05, 4.69) is 11.9 Å². The second-order valence-electron chi connectivity index (χ2n) is 4.67. The zero-order valence-corrected chi connectivity index (χ0v) is 12.1. The van der Waals surface area contributed by atoms with E-state index in [1.165, 1.54) is 17.2 Å². The zero-order valence-electron chi connectivity index (χ0n) is 12.1. The molecule has 0 aliphatic carbocycles. The lowest BCUT2D eigenvalue weighted by Crippen LogP contribution is -2.40. The number of anilines is 2. The highest BCUT2D eigenvalue weighted by Gasteiger charge is 2.27. The van der Waals surface area contributed by atoms with Gasteiger partial charge in [-0.25, -0.2) is 0 Å².